The quantitative estimate of drug-likeness (QED) is 0.484. The summed E-state index contributed by atoms with van der Waals surface area (Å²) >= 11 is 0. The van der Waals surface area contributed by atoms with Gasteiger partial charge in [-0.25, -0.2) is 4.98 Å². The molecular formula is C14H12F3N4O2. The number of hydrogen-bond donors (Lipinski definition) is 2. The second-order valence-corrected chi connectivity index (χ2v) is 4.52. The van der Waals surface area contributed by atoms with Gasteiger partial charge in [0.15, 0.2) is 0 Å². The van der Waals surface area contributed by atoms with Crippen LogP contribution in [0.15, 0.2) is 36.5 Å². The summed E-state index contributed by atoms with van der Waals surface area (Å²) in [5, 5.41) is 16.2. The van der Waals surface area contributed by atoms with Crippen molar-refractivity contribution in [1.29, 1.82) is 0 Å². The fourth-order valence-corrected chi connectivity index (χ4v) is 1.73. The lowest BCUT2D eigenvalue weighted by atomic mass is 10.2. The van der Waals surface area contributed by atoms with Crippen molar-refractivity contribution in [2.75, 3.05) is 23.7 Å². The Labute approximate surface area is 129 Å². The summed E-state index contributed by atoms with van der Waals surface area (Å²) in [6.07, 6.45) is -3.29. The van der Waals surface area contributed by atoms with E-state index in [1.54, 1.807) is 0 Å². The molecule has 0 aliphatic heterocycles. The van der Waals surface area contributed by atoms with Gasteiger partial charge in [0.1, 0.15) is 12.0 Å². The van der Waals surface area contributed by atoms with E-state index >= 15 is 0 Å². The largest absolute Gasteiger partial charge is 0.416 e. The normalized spacial score (nSPS) is 11.1. The molecule has 0 fully saturated rings. The zero-order valence-electron chi connectivity index (χ0n) is 11.7. The Morgan fingerprint density at radius 2 is 1.96 bits per heavy atom. The molecule has 0 spiro atoms. The highest BCUT2D eigenvalue weighted by Gasteiger charge is 2.30. The first-order valence-electron chi connectivity index (χ1n) is 6.53. The summed E-state index contributed by atoms with van der Waals surface area (Å²) in [5.74, 6) is 0.438. The summed E-state index contributed by atoms with van der Waals surface area (Å²) in [4.78, 5) is 13.8. The van der Waals surface area contributed by atoms with E-state index in [4.69, 9.17) is 0 Å². The molecule has 9 heteroatoms. The Morgan fingerprint density at radius 3 is 2.57 bits per heavy atom. The average molecular weight is 325 g/mol. The predicted molar refractivity (Wildman–Crippen MR) is 78.2 cm³/mol. The number of nitro groups is 1. The number of rotatable bonds is 6. The van der Waals surface area contributed by atoms with Crippen LogP contribution in [0.5, 0.6) is 0 Å². The second-order valence-electron chi connectivity index (χ2n) is 4.52. The molecule has 1 aromatic heterocycles. The standard InChI is InChI=1S/C14H12F3N4O2/c15-14(16,17)10-2-1-3-11(8-10)18-6-7-19-13-5-4-12(9-20-13)21(22)23/h2-5,8-9,18H,6-7H2,(H,19,20). The fourth-order valence-electron chi connectivity index (χ4n) is 1.73. The van der Waals surface area contributed by atoms with Crippen LogP contribution in [0, 0.1) is 16.2 Å². The molecule has 23 heavy (non-hydrogen) atoms. The first-order chi connectivity index (χ1) is 10.9. The lowest BCUT2D eigenvalue weighted by molar-refractivity contribution is -0.385. The van der Waals surface area contributed by atoms with E-state index in [0.29, 0.717) is 24.6 Å². The minimum atomic E-state index is -4.41. The smallest absolute Gasteiger partial charge is 0.383 e. The van der Waals surface area contributed by atoms with Gasteiger partial charge in [-0.2, -0.15) is 13.2 Å². The highest BCUT2D eigenvalue weighted by Crippen LogP contribution is 2.30. The predicted octanol–water partition coefficient (Wildman–Crippen LogP) is 3.33. The molecule has 121 valence electrons. The number of pyridine rings is 1. The zero-order chi connectivity index (χ0) is 16.9. The third kappa shape index (κ3) is 4.83. The van der Waals surface area contributed by atoms with Crippen LogP contribution >= 0.6 is 0 Å². The van der Waals surface area contributed by atoms with Gasteiger partial charge in [-0.1, -0.05) is 0 Å². The highest BCUT2D eigenvalue weighted by molar-refractivity contribution is 5.46. The molecule has 2 aromatic rings. The first-order valence-corrected chi connectivity index (χ1v) is 6.53. The number of nitrogens with zero attached hydrogens (tertiary/aromatic N) is 2. The second kappa shape index (κ2) is 6.95. The summed E-state index contributed by atoms with van der Waals surface area (Å²) in [6.45, 7) is 0.717. The average Bonchev–Trinajstić information content (AvgIpc) is 2.51. The Morgan fingerprint density at radius 1 is 1.22 bits per heavy atom. The van der Waals surface area contributed by atoms with Crippen LogP contribution in [0.1, 0.15) is 5.56 Å². The van der Waals surface area contributed by atoms with Gasteiger partial charge in [-0.05, 0) is 30.3 Å². The van der Waals surface area contributed by atoms with Crippen LogP contribution in [0.3, 0.4) is 0 Å². The maximum Gasteiger partial charge on any atom is 0.416 e. The topological polar surface area (TPSA) is 80.1 Å². The van der Waals surface area contributed by atoms with Gasteiger partial charge in [0.2, 0.25) is 0 Å². The Kier molecular flexibility index (Phi) is 4.99. The molecule has 2 N–H and O–H groups in total. The van der Waals surface area contributed by atoms with Crippen LogP contribution in [0.4, 0.5) is 30.4 Å². The molecule has 0 aliphatic rings. The van der Waals surface area contributed by atoms with Crippen molar-refractivity contribution in [2.45, 2.75) is 6.18 Å². The van der Waals surface area contributed by atoms with Crippen molar-refractivity contribution < 1.29 is 18.1 Å². The van der Waals surface area contributed by atoms with Gasteiger partial charge >= 0.3 is 6.18 Å². The molecule has 6 nitrogen and oxygen atoms in total. The number of benzene rings is 1. The van der Waals surface area contributed by atoms with Crippen LogP contribution in [-0.4, -0.2) is 23.0 Å². The number of halogens is 3. The maximum absolute atomic E-state index is 12.6. The van der Waals surface area contributed by atoms with E-state index in [-0.39, 0.29) is 5.69 Å². The fraction of sp³-hybridized carbons (Fsp3) is 0.214. The van der Waals surface area contributed by atoms with Crippen LogP contribution in [-0.2, 0) is 6.18 Å². The van der Waals surface area contributed by atoms with E-state index in [1.807, 2.05) is 0 Å². The van der Waals surface area contributed by atoms with Gasteiger partial charge in [0, 0.05) is 24.8 Å². The van der Waals surface area contributed by atoms with E-state index in [1.165, 1.54) is 18.2 Å². The number of hydrogen-bond acceptors (Lipinski definition) is 5. The van der Waals surface area contributed by atoms with Crippen molar-refractivity contribution in [2.24, 2.45) is 0 Å². The highest BCUT2D eigenvalue weighted by atomic mass is 19.4. The van der Waals surface area contributed by atoms with Crippen molar-refractivity contribution in [3.8, 4) is 0 Å². The Balaban J connectivity index is 1.82. The van der Waals surface area contributed by atoms with Crippen LogP contribution in [0.25, 0.3) is 0 Å². The van der Waals surface area contributed by atoms with Crippen molar-refractivity contribution in [3.05, 3.63) is 58.3 Å². The molecule has 1 radical (unpaired) electrons. The molecular weight excluding hydrogens is 313 g/mol. The van der Waals surface area contributed by atoms with Gasteiger partial charge in [0.25, 0.3) is 5.69 Å². The summed E-state index contributed by atoms with van der Waals surface area (Å²) < 4.78 is 37.7. The van der Waals surface area contributed by atoms with E-state index < -0.39 is 16.7 Å². The van der Waals surface area contributed by atoms with E-state index in [9.17, 15) is 23.3 Å². The van der Waals surface area contributed by atoms with E-state index in [0.717, 1.165) is 18.3 Å². The number of anilines is 2. The Bertz CT molecular complexity index is 674. The SMILES string of the molecule is O=[N+]([O-])c1ccc(NCCNc2c[c]cc(C(F)(F)F)c2)nc1. The number of nitrogens with one attached hydrogen (secondary N) is 2. The molecule has 0 unspecified atom stereocenters. The molecule has 0 saturated carbocycles. The van der Waals surface area contributed by atoms with Gasteiger partial charge in [0.05, 0.1) is 10.5 Å². The van der Waals surface area contributed by atoms with Crippen molar-refractivity contribution >= 4 is 17.2 Å². The van der Waals surface area contributed by atoms with Gasteiger partial charge in [-0.15, -0.1) is 0 Å². The Hall–Kier alpha value is -2.84. The maximum atomic E-state index is 12.6. The van der Waals surface area contributed by atoms with Gasteiger partial charge in [-0.3, -0.25) is 10.1 Å². The molecule has 1 heterocycles. The first kappa shape index (κ1) is 16.5. The molecule has 2 rings (SSSR count). The number of alkyl halides is 3. The minimum absolute atomic E-state index is 0.117. The molecule has 0 bridgehead atoms. The van der Waals surface area contributed by atoms with Crippen LogP contribution < -0.4 is 10.6 Å². The molecule has 0 saturated heterocycles. The lowest BCUT2D eigenvalue weighted by Gasteiger charge is -2.11. The van der Waals surface area contributed by atoms with Crippen molar-refractivity contribution in [3.63, 3.8) is 0 Å². The zero-order valence-corrected chi connectivity index (χ0v) is 11.7. The number of aromatic nitrogens is 1. The monoisotopic (exact) mass is 325 g/mol. The molecule has 0 amide bonds. The molecule has 0 atom stereocenters. The van der Waals surface area contributed by atoms with E-state index in [2.05, 4.69) is 21.7 Å². The lowest BCUT2D eigenvalue weighted by Crippen LogP contribution is -2.15. The third-order valence-corrected chi connectivity index (χ3v) is 2.83. The summed E-state index contributed by atoms with van der Waals surface area (Å²) in [6, 6.07) is 8.49. The third-order valence-electron chi connectivity index (χ3n) is 2.83. The van der Waals surface area contributed by atoms with Gasteiger partial charge < -0.3 is 10.6 Å². The van der Waals surface area contributed by atoms with Crippen molar-refractivity contribution in [1.82, 2.24) is 4.98 Å². The summed E-state index contributed by atoms with van der Waals surface area (Å²) in [7, 11) is 0. The molecule has 0 aliphatic carbocycles. The molecule has 1 aromatic carbocycles. The summed E-state index contributed by atoms with van der Waals surface area (Å²) in [5.41, 5.74) is -0.584. The van der Waals surface area contributed by atoms with Crippen LogP contribution in [0.2, 0.25) is 0 Å². The minimum Gasteiger partial charge on any atom is -0.383 e.